The van der Waals surface area contributed by atoms with E-state index >= 15 is 0 Å². The Morgan fingerprint density at radius 2 is 2.17 bits per heavy atom. The minimum Gasteiger partial charge on any atom is -0.396 e. The number of carbonyl (C=O) groups excluding carboxylic acids is 1. The lowest BCUT2D eigenvalue weighted by molar-refractivity contribution is -0.127. The van der Waals surface area contributed by atoms with Crippen LogP contribution in [0.25, 0.3) is 11.4 Å². The van der Waals surface area contributed by atoms with Crippen molar-refractivity contribution in [2.45, 2.75) is 5.37 Å². The number of aliphatic hydroxyl groups excluding tert-OH is 1. The summed E-state index contributed by atoms with van der Waals surface area (Å²) in [7, 11) is 0. The minimum absolute atomic E-state index is 0.00203. The second kappa shape index (κ2) is 7.90. The van der Waals surface area contributed by atoms with Crippen molar-refractivity contribution < 1.29 is 9.90 Å². The molecule has 7 heteroatoms. The van der Waals surface area contributed by atoms with E-state index in [1.54, 1.807) is 23.5 Å². The van der Waals surface area contributed by atoms with E-state index in [0.29, 0.717) is 18.1 Å². The van der Waals surface area contributed by atoms with Crippen LogP contribution in [0.1, 0.15) is 11.1 Å². The molecule has 1 aromatic carbocycles. The van der Waals surface area contributed by atoms with Crippen molar-refractivity contribution in [2.24, 2.45) is 0 Å². The van der Waals surface area contributed by atoms with Gasteiger partial charge in [0.15, 0.2) is 0 Å². The van der Waals surface area contributed by atoms with Crippen molar-refractivity contribution in [2.75, 3.05) is 30.4 Å². The summed E-state index contributed by atoms with van der Waals surface area (Å²) in [5, 5.41) is 8.83. The number of benzene rings is 1. The summed E-state index contributed by atoms with van der Waals surface area (Å²) in [4.78, 5) is 21.8. The average molecular weight is 349 g/mol. The van der Waals surface area contributed by atoms with Gasteiger partial charge in [-0.15, -0.1) is 11.8 Å². The van der Waals surface area contributed by atoms with Crippen molar-refractivity contribution in [3.05, 3.63) is 42.2 Å². The lowest BCUT2D eigenvalue weighted by Crippen LogP contribution is -2.30. The number of hydrogen-bond donors (Lipinski definition) is 2. The van der Waals surface area contributed by atoms with Gasteiger partial charge in [0.2, 0.25) is 5.91 Å². The molecule has 0 saturated carbocycles. The second-order valence-electron chi connectivity index (χ2n) is 5.14. The standard InChI is InChI=1S/C16H19N3O2S2/c20-7-9-22-8-6-19-14(21)11-23-16(19)13-10-17-15(18-13)12-4-2-1-3-5-12/h1-5,10,16,20H,6-9,11H2,(H,17,18). The second-order valence-corrected chi connectivity index (χ2v) is 7.43. The Hall–Kier alpha value is -1.44. The van der Waals surface area contributed by atoms with Crippen molar-refractivity contribution in [1.29, 1.82) is 0 Å². The topological polar surface area (TPSA) is 69.2 Å². The molecule has 0 aliphatic carbocycles. The lowest BCUT2D eigenvalue weighted by Gasteiger charge is -2.22. The van der Waals surface area contributed by atoms with E-state index in [9.17, 15) is 4.79 Å². The van der Waals surface area contributed by atoms with Crippen molar-refractivity contribution in [1.82, 2.24) is 14.9 Å². The number of hydrogen-bond acceptors (Lipinski definition) is 5. The molecular weight excluding hydrogens is 330 g/mol. The van der Waals surface area contributed by atoms with Crippen LogP contribution >= 0.6 is 23.5 Å². The quantitative estimate of drug-likeness (QED) is 0.751. The molecule has 23 heavy (non-hydrogen) atoms. The zero-order valence-electron chi connectivity index (χ0n) is 12.6. The van der Waals surface area contributed by atoms with Crippen LogP contribution in [-0.4, -0.2) is 56.3 Å². The van der Waals surface area contributed by atoms with Gasteiger partial charge < -0.3 is 15.0 Å². The van der Waals surface area contributed by atoms with Crippen molar-refractivity contribution >= 4 is 29.4 Å². The van der Waals surface area contributed by atoms with Gasteiger partial charge in [-0.1, -0.05) is 30.3 Å². The van der Waals surface area contributed by atoms with Gasteiger partial charge in [0.05, 0.1) is 24.3 Å². The number of H-pyrrole nitrogens is 1. The van der Waals surface area contributed by atoms with Crippen LogP contribution in [0.4, 0.5) is 0 Å². The summed E-state index contributed by atoms with van der Waals surface area (Å²) < 4.78 is 0. The van der Waals surface area contributed by atoms with Gasteiger partial charge in [0.1, 0.15) is 11.2 Å². The first kappa shape index (κ1) is 16.4. The number of nitrogens with zero attached hydrogens (tertiary/aromatic N) is 2. The van der Waals surface area contributed by atoms with Crippen LogP contribution in [0.3, 0.4) is 0 Å². The van der Waals surface area contributed by atoms with Crippen LogP contribution in [0.15, 0.2) is 36.5 Å². The number of thioether (sulfide) groups is 2. The molecule has 0 spiro atoms. The molecule has 1 saturated heterocycles. The maximum absolute atomic E-state index is 12.1. The molecule has 3 rings (SSSR count). The number of amides is 1. The van der Waals surface area contributed by atoms with Crippen molar-refractivity contribution in [3.8, 4) is 11.4 Å². The predicted octanol–water partition coefficient (Wildman–Crippen LogP) is 2.38. The highest BCUT2D eigenvalue weighted by atomic mass is 32.2. The van der Waals surface area contributed by atoms with Crippen LogP contribution in [0, 0.1) is 0 Å². The summed E-state index contributed by atoms with van der Waals surface area (Å²) in [5.74, 6) is 3.05. The van der Waals surface area contributed by atoms with Gasteiger partial charge in [-0.2, -0.15) is 11.8 Å². The fourth-order valence-corrected chi connectivity index (χ4v) is 4.31. The Kier molecular flexibility index (Phi) is 5.64. The highest BCUT2D eigenvalue weighted by molar-refractivity contribution is 8.00. The van der Waals surface area contributed by atoms with Crippen molar-refractivity contribution in [3.63, 3.8) is 0 Å². The molecule has 2 heterocycles. The molecule has 0 radical (unpaired) electrons. The molecular formula is C16H19N3O2S2. The summed E-state index contributed by atoms with van der Waals surface area (Å²) in [6.45, 7) is 0.874. The first-order valence-electron chi connectivity index (χ1n) is 7.49. The lowest BCUT2D eigenvalue weighted by atomic mass is 10.2. The van der Waals surface area contributed by atoms with Gasteiger partial charge >= 0.3 is 0 Å². The fourth-order valence-electron chi connectivity index (χ4n) is 2.49. The van der Waals surface area contributed by atoms with Gasteiger partial charge in [-0.05, 0) is 0 Å². The van der Waals surface area contributed by atoms with Gasteiger partial charge in [-0.25, -0.2) is 4.98 Å². The zero-order chi connectivity index (χ0) is 16.1. The van der Waals surface area contributed by atoms with E-state index < -0.39 is 0 Å². The maximum Gasteiger partial charge on any atom is 0.233 e. The minimum atomic E-state index is 0.00203. The summed E-state index contributed by atoms with van der Waals surface area (Å²) in [6, 6.07) is 9.97. The highest BCUT2D eigenvalue weighted by Crippen LogP contribution is 2.38. The summed E-state index contributed by atoms with van der Waals surface area (Å²) in [5.41, 5.74) is 2.00. The van der Waals surface area contributed by atoms with Crippen LogP contribution < -0.4 is 0 Å². The molecule has 2 N–H and O–H groups in total. The molecule has 1 atom stereocenters. The number of aromatic nitrogens is 2. The zero-order valence-corrected chi connectivity index (χ0v) is 14.3. The molecule has 1 aliphatic heterocycles. The Morgan fingerprint density at radius 1 is 1.35 bits per heavy atom. The van der Waals surface area contributed by atoms with Crippen LogP contribution in [-0.2, 0) is 4.79 Å². The number of imidazole rings is 1. The molecule has 5 nitrogen and oxygen atoms in total. The number of aliphatic hydroxyl groups is 1. The molecule has 1 fully saturated rings. The summed E-state index contributed by atoms with van der Waals surface area (Å²) >= 11 is 3.29. The Balaban J connectivity index is 1.70. The van der Waals surface area contributed by atoms with Crippen LogP contribution in [0.5, 0.6) is 0 Å². The molecule has 2 aromatic rings. The first-order valence-corrected chi connectivity index (χ1v) is 9.70. The first-order chi connectivity index (χ1) is 11.3. The number of nitrogens with one attached hydrogen (secondary N) is 1. The Labute approximate surface area is 143 Å². The molecule has 0 bridgehead atoms. The predicted molar refractivity (Wildman–Crippen MR) is 95.3 cm³/mol. The molecule has 122 valence electrons. The molecule has 1 amide bonds. The Morgan fingerprint density at radius 3 is 2.96 bits per heavy atom. The van der Waals surface area contributed by atoms with E-state index in [1.807, 2.05) is 41.4 Å². The van der Waals surface area contributed by atoms with E-state index in [0.717, 1.165) is 22.8 Å². The molecule has 1 unspecified atom stereocenters. The largest absolute Gasteiger partial charge is 0.396 e. The third kappa shape index (κ3) is 3.91. The van der Waals surface area contributed by atoms with Gasteiger partial charge in [0.25, 0.3) is 0 Å². The van der Waals surface area contributed by atoms with E-state index in [-0.39, 0.29) is 17.9 Å². The smallest absolute Gasteiger partial charge is 0.233 e. The third-order valence-corrected chi connectivity index (χ3v) is 5.77. The maximum atomic E-state index is 12.1. The SMILES string of the molecule is O=C1CSC(c2cnc(-c3ccccc3)[nH]2)N1CCSCCO. The normalized spacial score (nSPS) is 17.9. The molecule has 1 aromatic heterocycles. The average Bonchev–Trinajstić information content (AvgIpc) is 3.20. The van der Waals surface area contributed by atoms with Gasteiger partial charge in [-0.3, -0.25) is 4.79 Å². The van der Waals surface area contributed by atoms with E-state index in [1.165, 1.54) is 0 Å². The van der Waals surface area contributed by atoms with E-state index in [4.69, 9.17) is 5.11 Å². The molecule has 1 aliphatic rings. The highest BCUT2D eigenvalue weighted by Gasteiger charge is 2.33. The van der Waals surface area contributed by atoms with Gasteiger partial charge in [0, 0.05) is 23.6 Å². The Bertz CT molecular complexity index is 648. The third-order valence-electron chi connectivity index (χ3n) is 3.59. The van der Waals surface area contributed by atoms with Crippen LogP contribution in [0.2, 0.25) is 0 Å². The number of aromatic amines is 1. The fraction of sp³-hybridized carbons (Fsp3) is 0.375. The monoisotopic (exact) mass is 349 g/mol. The number of rotatable bonds is 7. The summed E-state index contributed by atoms with van der Waals surface area (Å²) in [6.07, 6.45) is 1.83. The van der Waals surface area contributed by atoms with E-state index in [2.05, 4.69) is 9.97 Å². The number of carbonyl (C=O) groups is 1.